The third-order valence-electron chi connectivity index (χ3n) is 5.06. The lowest BCUT2D eigenvalue weighted by atomic mass is 9.80. The quantitative estimate of drug-likeness (QED) is 0.472. The number of nitrogens with one attached hydrogen (secondary N) is 2. The fourth-order valence-electron chi connectivity index (χ4n) is 2.74. The van der Waals surface area contributed by atoms with Crippen LogP contribution in [0.1, 0.15) is 27.7 Å². The van der Waals surface area contributed by atoms with Crippen molar-refractivity contribution in [3.05, 3.63) is 48.8 Å². The van der Waals surface area contributed by atoms with Crippen molar-refractivity contribution in [2.24, 2.45) is 0 Å². The molecule has 1 aromatic carbocycles. The van der Waals surface area contributed by atoms with Gasteiger partial charge in [0.25, 0.3) is 0 Å². The molecular formula is C19H27BN4O2. The molecule has 0 unspecified atom stereocenters. The van der Waals surface area contributed by atoms with Crippen LogP contribution in [-0.4, -0.2) is 37.0 Å². The Kier molecular flexibility index (Phi) is 5.23. The molecule has 6 nitrogen and oxygen atoms in total. The number of rotatable bonds is 6. The molecule has 0 atom stereocenters. The molecule has 1 saturated heterocycles. The van der Waals surface area contributed by atoms with Crippen LogP contribution in [0.5, 0.6) is 0 Å². The second-order valence-corrected chi connectivity index (χ2v) is 7.42. The number of pyridine rings is 1. The molecule has 0 spiro atoms. The first-order valence-corrected chi connectivity index (χ1v) is 8.87. The van der Waals surface area contributed by atoms with Crippen LogP contribution in [0.3, 0.4) is 0 Å². The Morgan fingerprint density at radius 1 is 1.04 bits per heavy atom. The maximum Gasteiger partial charge on any atom is 0.496 e. The summed E-state index contributed by atoms with van der Waals surface area (Å²) in [5, 5.41) is 5.40. The van der Waals surface area contributed by atoms with Gasteiger partial charge in [-0.1, -0.05) is 18.2 Å². The van der Waals surface area contributed by atoms with Crippen LogP contribution in [0, 0.1) is 0 Å². The van der Waals surface area contributed by atoms with Gasteiger partial charge in [0.2, 0.25) is 0 Å². The van der Waals surface area contributed by atoms with E-state index >= 15 is 0 Å². The summed E-state index contributed by atoms with van der Waals surface area (Å²) in [7, 11) is 1.48. The van der Waals surface area contributed by atoms with Crippen molar-refractivity contribution in [1.82, 2.24) is 10.4 Å². The SMILES string of the molecule is CNN(CNc1cncc(B2OC(C)(C)C(C)(C)O2)c1)c1ccccc1. The molecule has 0 saturated carbocycles. The predicted octanol–water partition coefficient (Wildman–Crippen LogP) is 2.39. The van der Waals surface area contributed by atoms with Crippen LogP contribution in [0.2, 0.25) is 0 Å². The third kappa shape index (κ3) is 3.85. The van der Waals surface area contributed by atoms with E-state index in [0.29, 0.717) is 6.67 Å². The van der Waals surface area contributed by atoms with Crippen molar-refractivity contribution in [3.63, 3.8) is 0 Å². The Morgan fingerprint density at radius 3 is 2.31 bits per heavy atom. The third-order valence-corrected chi connectivity index (χ3v) is 5.06. The zero-order valence-corrected chi connectivity index (χ0v) is 16.1. The van der Waals surface area contributed by atoms with Crippen LogP contribution in [0.25, 0.3) is 0 Å². The Hall–Kier alpha value is -2.09. The highest BCUT2D eigenvalue weighted by Crippen LogP contribution is 2.36. The standard InChI is InChI=1S/C19H27BN4O2/c1-18(2)19(3,4)26-20(25-18)15-11-16(13-22-12-15)23-14-24(21-5)17-9-7-6-8-10-17/h6-13,21,23H,14H2,1-5H3. The summed E-state index contributed by atoms with van der Waals surface area (Å²) in [4.78, 5) is 4.34. The van der Waals surface area contributed by atoms with Crippen LogP contribution in [0.15, 0.2) is 48.8 Å². The molecule has 7 heteroatoms. The summed E-state index contributed by atoms with van der Waals surface area (Å²) in [6.45, 7) is 8.79. The summed E-state index contributed by atoms with van der Waals surface area (Å²) < 4.78 is 12.2. The van der Waals surface area contributed by atoms with Gasteiger partial charge in [-0.25, -0.2) is 5.43 Å². The molecule has 2 aromatic rings. The van der Waals surface area contributed by atoms with E-state index in [4.69, 9.17) is 9.31 Å². The minimum absolute atomic E-state index is 0.364. The second kappa shape index (κ2) is 7.27. The highest BCUT2D eigenvalue weighted by atomic mass is 16.7. The van der Waals surface area contributed by atoms with Crippen LogP contribution in [-0.2, 0) is 9.31 Å². The van der Waals surface area contributed by atoms with E-state index in [9.17, 15) is 0 Å². The van der Waals surface area contributed by atoms with E-state index in [1.807, 2.05) is 64.0 Å². The van der Waals surface area contributed by atoms with Gasteiger partial charge in [-0.3, -0.25) is 9.99 Å². The van der Waals surface area contributed by atoms with Crippen LogP contribution < -0.4 is 21.2 Å². The molecule has 0 amide bonds. The van der Waals surface area contributed by atoms with Crippen molar-refractivity contribution in [1.29, 1.82) is 0 Å². The molecule has 1 aliphatic rings. The zero-order valence-electron chi connectivity index (χ0n) is 16.1. The van der Waals surface area contributed by atoms with Gasteiger partial charge in [0, 0.05) is 24.9 Å². The predicted molar refractivity (Wildman–Crippen MR) is 106 cm³/mol. The lowest BCUT2D eigenvalue weighted by molar-refractivity contribution is 0.00578. The van der Waals surface area contributed by atoms with Gasteiger partial charge < -0.3 is 14.6 Å². The topological polar surface area (TPSA) is 58.7 Å². The van der Waals surface area contributed by atoms with Gasteiger partial charge in [-0.05, 0) is 45.9 Å². The molecular weight excluding hydrogens is 327 g/mol. The number of hydrogen-bond donors (Lipinski definition) is 2. The van der Waals surface area contributed by atoms with Crippen molar-refractivity contribution in [2.45, 2.75) is 38.9 Å². The first-order chi connectivity index (χ1) is 12.3. The summed E-state index contributed by atoms with van der Waals surface area (Å²) >= 11 is 0. The van der Waals surface area contributed by atoms with Crippen molar-refractivity contribution in [3.8, 4) is 0 Å². The van der Waals surface area contributed by atoms with Gasteiger partial charge in [0.1, 0.15) is 6.67 Å². The molecule has 0 radical (unpaired) electrons. The van der Waals surface area contributed by atoms with E-state index in [0.717, 1.165) is 16.8 Å². The normalized spacial score (nSPS) is 18.0. The first-order valence-electron chi connectivity index (χ1n) is 8.87. The average Bonchev–Trinajstić information content (AvgIpc) is 2.84. The van der Waals surface area contributed by atoms with Crippen molar-refractivity contribution >= 4 is 24.0 Å². The molecule has 0 aliphatic carbocycles. The number of hydrogen-bond acceptors (Lipinski definition) is 6. The lowest BCUT2D eigenvalue weighted by Crippen LogP contribution is -2.41. The minimum Gasteiger partial charge on any atom is -0.399 e. The minimum atomic E-state index is -0.413. The van der Waals surface area contributed by atoms with Gasteiger partial charge >= 0.3 is 7.12 Å². The Bertz CT molecular complexity index is 723. The fourth-order valence-corrected chi connectivity index (χ4v) is 2.74. The Balaban J connectivity index is 1.68. The highest BCUT2D eigenvalue weighted by Gasteiger charge is 2.51. The van der Waals surface area contributed by atoms with Crippen molar-refractivity contribution in [2.75, 3.05) is 24.0 Å². The molecule has 138 valence electrons. The lowest BCUT2D eigenvalue weighted by Gasteiger charge is -2.32. The van der Waals surface area contributed by atoms with E-state index in [-0.39, 0.29) is 11.2 Å². The highest BCUT2D eigenvalue weighted by molar-refractivity contribution is 6.62. The zero-order chi connectivity index (χ0) is 18.8. The first kappa shape index (κ1) is 18.7. The number of anilines is 2. The van der Waals surface area contributed by atoms with E-state index in [1.165, 1.54) is 0 Å². The van der Waals surface area contributed by atoms with Gasteiger partial charge in [-0.15, -0.1) is 0 Å². The summed E-state index contributed by atoms with van der Waals surface area (Å²) in [5.74, 6) is 0. The average molecular weight is 354 g/mol. The van der Waals surface area contributed by atoms with Crippen molar-refractivity contribution < 1.29 is 9.31 Å². The largest absolute Gasteiger partial charge is 0.496 e. The Labute approximate surface area is 156 Å². The molecule has 1 fully saturated rings. The number of nitrogens with zero attached hydrogens (tertiary/aromatic N) is 2. The Morgan fingerprint density at radius 2 is 1.69 bits per heavy atom. The molecule has 1 aromatic heterocycles. The fraction of sp³-hybridized carbons (Fsp3) is 0.421. The van der Waals surface area contributed by atoms with Crippen LogP contribution in [0.4, 0.5) is 11.4 Å². The smallest absolute Gasteiger partial charge is 0.399 e. The maximum atomic E-state index is 6.11. The number of benzene rings is 1. The van der Waals surface area contributed by atoms with Gasteiger partial charge in [-0.2, -0.15) is 0 Å². The molecule has 3 rings (SSSR count). The molecule has 2 N–H and O–H groups in total. The number of para-hydroxylation sites is 1. The van der Waals surface area contributed by atoms with E-state index < -0.39 is 7.12 Å². The number of aromatic nitrogens is 1. The number of hydrazine groups is 1. The van der Waals surface area contributed by atoms with E-state index in [2.05, 4.69) is 27.9 Å². The van der Waals surface area contributed by atoms with E-state index in [1.54, 1.807) is 12.4 Å². The monoisotopic (exact) mass is 354 g/mol. The molecule has 2 heterocycles. The summed E-state index contributed by atoms with van der Waals surface area (Å²) in [6, 6.07) is 12.2. The van der Waals surface area contributed by atoms with Gasteiger partial charge in [0.15, 0.2) is 0 Å². The second-order valence-electron chi connectivity index (χ2n) is 7.42. The maximum absolute atomic E-state index is 6.11. The molecule has 0 bridgehead atoms. The molecule has 26 heavy (non-hydrogen) atoms. The van der Waals surface area contributed by atoms with Crippen LogP contribution >= 0.6 is 0 Å². The molecule has 1 aliphatic heterocycles. The summed E-state index contributed by atoms with van der Waals surface area (Å²) in [5.41, 5.74) is 5.35. The van der Waals surface area contributed by atoms with Gasteiger partial charge in [0.05, 0.1) is 22.6 Å². The summed E-state index contributed by atoms with van der Waals surface area (Å²) in [6.07, 6.45) is 3.59.